The van der Waals surface area contributed by atoms with Crippen molar-refractivity contribution in [3.63, 3.8) is 0 Å². The molecule has 1 aliphatic heterocycles. The first-order valence-corrected chi connectivity index (χ1v) is 3.77. The van der Waals surface area contributed by atoms with Gasteiger partial charge in [-0.05, 0) is 6.07 Å². The molecule has 2 rings (SSSR count). The Morgan fingerprint density at radius 2 is 2.46 bits per heavy atom. The van der Waals surface area contributed by atoms with Crippen LogP contribution in [0.5, 0.6) is 5.75 Å². The Kier molecular flexibility index (Phi) is 1.86. The van der Waals surface area contributed by atoms with Crippen LogP contribution in [0.2, 0.25) is 0 Å². The van der Waals surface area contributed by atoms with Gasteiger partial charge in [0.25, 0.3) is 5.91 Å². The second-order valence-electron chi connectivity index (χ2n) is 2.62. The van der Waals surface area contributed by atoms with Gasteiger partial charge in [-0.15, -0.1) is 0 Å². The summed E-state index contributed by atoms with van der Waals surface area (Å²) >= 11 is 0. The number of carbonyl (C=O) groups excluding carboxylic acids is 1. The number of hydrogen-bond donors (Lipinski definition) is 1. The SMILES string of the molecule is NC(=O)c1nccc2c1OCOC2. The maximum Gasteiger partial charge on any atom is 0.271 e. The van der Waals surface area contributed by atoms with Gasteiger partial charge in [0.1, 0.15) is 0 Å². The number of ether oxygens (including phenoxy) is 2. The van der Waals surface area contributed by atoms with E-state index in [9.17, 15) is 4.79 Å². The molecule has 1 aromatic heterocycles. The monoisotopic (exact) mass is 180 g/mol. The molecule has 0 saturated carbocycles. The number of nitrogens with zero attached hydrogens (tertiary/aromatic N) is 1. The molecule has 0 atom stereocenters. The van der Waals surface area contributed by atoms with Crippen molar-refractivity contribution in [1.29, 1.82) is 0 Å². The van der Waals surface area contributed by atoms with Crippen LogP contribution in [0, 0.1) is 0 Å². The average Bonchev–Trinajstić information content (AvgIpc) is 2.17. The lowest BCUT2D eigenvalue weighted by molar-refractivity contribution is -0.0171. The number of rotatable bonds is 1. The summed E-state index contributed by atoms with van der Waals surface area (Å²) in [4.78, 5) is 14.7. The van der Waals surface area contributed by atoms with Crippen LogP contribution in [0.4, 0.5) is 0 Å². The Bertz CT molecular complexity index is 351. The zero-order valence-corrected chi connectivity index (χ0v) is 6.82. The molecule has 1 aliphatic rings. The lowest BCUT2D eigenvalue weighted by Gasteiger charge is -2.18. The van der Waals surface area contributed by atoms with E-state index in [0.29, 0.717) is 12.4 Å². The van der Waals surface area contributed by atoms with E-state index < -0.39 is 5.91 Å². The number of carbonyl (C=O) groups is 1. The molecular formula is C8H8N2O3. The first-order valence-electron chi connectivity index (χ1n) is 3.77. The predicted molar refractivity (Wildman–Crippen MR) is 43.0 cm³/mol. The van der Waals surface area contributed by atoms with Crippen molar-refractivity contribution < 1.29 is 14.3 Å². The first kappa shape index (κ1) is 8.00. The van der Waals surface area contributed by atoms with Crippen LogP contribution in [0.3, 0.4) is 0 Å². The van der Waals surface area contributed by atoms with E-state index in [1.54, 1.807) is 6.07 Å². The fourth-order valence-corrected chi connectivity index (χ4v) is 1.19. The molecule has 5 heteroatoms. The molecule has 2 heterocycles. The number of fused-ring (bicyclic) bond motifs is 1. The minimum absolute atomic E-state index is 0.138. The summed E-state index contributed by atoms with van der Waals surface area (Å²) in [7, 11) is 0. The first-order chi connectivity index (χ1) is 6.29. The topological polar surface area (TPSA) is 74.4 Å². The third-order valence-corrected chi connectivity index (χ3v) is 1.76. The van der Waals surface area contributed by atoms with Gasteiger partial charge in [0.05, 0.1) is 6.61 Å². The van der Waals surface area contributed by atoms with Crippen molar-refractivity contribution in [3.8, 4) is 5.75 Å². The van der Waals surface area contributed by atoms with Crippen LogP contribution in [-0.4, -0.2) is 17.7 Å². The van der Waals surface area contributed by atoms with E-state index in [1.807, 2.05) is 0 Å². The summed E-state index contributed by atoms with van der Waals surface area (Å²) in [6.07, 6.45) is 1.51. The summed E-state index contributed by atoms with van der Waals surface area (Å²) < 4.78 is 10.2. The Morgan fingerprint density at radius 3 is 3.23 bits per heavy atom. The minimum Gasteiger partial charge on any atom is -0.465 e. The lowest BCUT2D eigenvalue weighted by atomic mass is 10.2. The van der Waals surface area contributed by atoms with Crippen LogP contribution in [0.1, 0.15) is 16.1 Å². The molecule has 0 unspecified atom stereocenters. The third-order valence-electron chi connectivity index (χ3n) is 1.76. The maximum absolute atomic E-state index is 10.9. The molecule has 1 amide bonds. The number of hydrogen-bond acceptors (Lipinski definition) is 4. The van der Waals surface area contributed by atoms with E-state index in [0.717, 1.165) is 5.56 Å². The van der Waals surface area contributed by atoms with Gasteiger partial charge < -0.3 is 15.2 Å². The molecule has 0 radical (unpaired) electrons. The second kappa shape index (κ2) is 3.02. The molecule has 0 saturated heterocycles. The summed E-state index contributed by atoms with van der Waals surface area (Å²) in [6, 6.07) is 1.74. The van der Waals surface area contributed by atoms with Crippen LogP contribution in [0.15, 0.2) is 12.3 Å². The molecule has 0 spiro atoms. The Morgan fingerprint density at radius 1 is 1.62 bits per heavy atom. The average molecular weight is 180 g/mol. The van der Waals surface area contributed by atoms with Crippen molar-refractivity contribution in [1.82, 2.24) is 4.98 Å². The standard InChI is InChI=1S/C8H8N2O3/c9-8(11)6-7-5(1-2-10-6)3-12-4-13-7/h1-2H,3-4H2,(H2,9,11). The van der Waals surface area contributed by atoms with E-state index in [2.05, 4.69) is 4.98 Å². The van der Waals surface area contributed by atoms with Crippen molar-refractivity contribution in [2.24, 2.45) is 5.73 Å². The van der Waals surface area contributed by atoms with Gasteiger partial charge in [0, 0.05) is 11.8 Å². The molecule has 1 aromatic rings. The Labute approximate surface area is 74.5 Å². The van der Waals surface area contributed by atoms with E-state index in [1.165, 1.54) is 6.20 Å². The van der Waals surface area contributed by atoms with Gasteiger partial charge in [-0.25, -0.2) is 4.98 Å². The highest BCUT2D eigenvalue weighted by Crippen LogP contribution is 2.25. The molecule has 13 heavy (non-hydrogen) atoms. The molecule has 0 fully saturated rings. The van der Waals surface area contributed by atoms with Crippen molar-refractivity contribution >= 4 is 5.91 Å². The summed E-state index contributed by atoms with van der Waals surface area (Å²) in [6.45, 7) is 0.567. The van der Waals surface area contributed by atoms with Gasteiger partial charge >= 0.3 is 0 Å². The van der Waals surface area contributed by atoms with Gasteiger partial charge in [-0.2, -0.15) is 0 Å². The summed E-state index contributed by atoms with van der Waals surface area (Å²) in [5.74, 6) is -0.139. The van der Waals surface area contributed by atoms with Crippen molar-refractivity contribution in [2.75, 3.05) is 6.79 Å². The van der Waals surface area contributed by atoms with E-state index in [4.69, 9.17) is 15.2 Å². The fourth-order valence-electron chi connectivity index (χ4n) is 1.19. The molecular weight excluding hydrogens is 172 g/mol. The quantitative estimate of drug-likeness (QED) is 0.662. The van der Waals surface area contributed by atoms with Crippen molar-refractivity contribution in [3.05, 3.63) is 23.5 Å². The lowest BCUT2D eigenvalue weighted by Crippen LogP contribution is -2.20. The third kappa shape index (κ3) is 1.33. The van der Waals surface area contributed by atoms with Crippen LogP contribution in [-0.2, 0) is 11.3 Å². The zero-order valence-electron chi connectivity index (χ0n) is 6.82. The number of aromatic nitrogens is 1. The van der Waals surface area contributed by atoms with Gasteiger partial charge in [0.15, 0.2) is 18.2 Å². The number of nitrogens with two attached hydrogens (primary N) is 1. The highest BCUT2D eigenvalue weighted by molar-refractivity contribution is 5.93. The Balaban J connectivity index is 2.52. The maximum atomic E-state index is 10.9. The molecule has 0 bridgehead atoms. The van der Waals surface area contributed by atoms with Crippen molar-refractivity contribution in [2.45, 2.75) is 6.61 Å². The summed E-state index contributed by atoms with van der Waals surface area (Å²) in [5, 5.41) is 0. The van der Waals surface area contributed by atoms with E-state index in [-0.39, 0.29) is 12.5 Å². The highest BCUT2D eigenvalue weighted by atomic mass is 16.7. The number of amides is 1. The normalized spacial score (nSPS) is 14.5. The van der Waals surface area contributed by atoms with Crippen LogP contribution in [0.25, 0.3) is 0 Å². The summed E-state index contributed by atoms with van der Waals surface area (Å²) in [5.41, 5.74) is 6.08. The van der Waals surface area contributed by atoms with Gasteiger partial charge in [-0.3, -0.25) is 4.79 Å². The fraction of sp³-hybridized carbons (Fsp3) is 0.250. The zero-order chi connectivity index (χ0) is 9.26. The molecule has 0 aromatic carbocycles. The number of pyridine rings is 1. The largest absolute Gasteiger partial charge is 0.465 e. The van der Waals surface area contributed by atoms with Gasteiger partial charge in [-0.1, -0.05) is 0 Å². The van der Waals surface area contributed by atoms with Gasteiger partial charge in [0.2, 0.25) is 0 Å². The molecule has 5 nitrogen and oxygen atoms in total. The Hall–Kier alpha value is -1.62. The smallest absolute Gasteiger partial charge is 0.271 e. The minimum atomic E-state index is -0.584. The van der Waals surface area contributed by atoms with Crippen LogP contribution >= 0.6 is 0 Å². The highest BCUT2D eigenvalue weighted by Gasteiger charge is 2.18. The number of primary amides is 1. The van der Waals surface area contributed by atoms with E-state index >= 15 is 0 Å². The molecule has 2 N–H and O–H groups in total. The molecule has 0 aliphatic carbocycles. The van der Waals surface area contributed by atoms with Crippen LogP contribution < -0.4 is 10.5 Å². The second-order valence-corrected chi connectivity index (χ2v) is 2.62. The molecule has 68 valence electrons. The predicted octanol–water partition coefficient (Wildman–Crippen LogP) is 0.0470.